The van der Waals surface area contributed by atoms with Crippen LogP contribution >= 0.6 is 15.9 Å². The zero-order chi connectivity index (χ0) is 14.3. The number of halogens is 2. The Labute approximate surface area is 126 Å². The topological polar surface area (TPSA) is 46.3 Å². The van der Waals surface area contributed by atoms with Crippen LogP contribution < -0.4 is 5.73 Å². The molecule has 1 aliphatic carbocycles. The predicted molar refractivity (Wildman–Crippen MR) is 78.8 cm³/mol. The first-order chi connectivity index (χ1) is 9.54. The van der Waals surface area contributed by atoms with E-state index >= 15 is 0 Å². The number of nitrogens with zero attached hydrogens (tertiary/aromatic N) is 1. The highest BCUT2D eigenvalue weighted by Gasteiger charge is 2.38. The number of hydrogen-bond donors (Lipinski definition) is 1. The molecule has 2 fully saturated rings. The molecule has 5 heteroatoms. The molecule has 2 N–H and O–H groups in total. The summed E-state index contributed by atoms with van der Waals surface area (Å²) in [5.41, 5.74) is 6.43. The monoisotopic (exact) mass is 340 g/mol. The van der Waals surface area contributed by atoms with E-state index in [0.717, 1.165) is 32.4 Å². The molecule has 1 aromatic rings. The van der Waals surface area contributed by atoms with Crippen LogP contribution in [0.15, 0.2) is 22.7 Å². The summed E-state index contributed by atoms with van der Waals surface area (Å²) in [6.45, 7) is 1.54. The summed E-state index contributed by atoms with van der Waals surface area (Å²) in [5.74, 6) is 0.621. The Morgan fingerprint density at radius 3 is 2.80 bits per heavy atom. The molecular weight excluding hydrogens is 323 g/mol. The average molecular weight is 341 g/mol. The molecule has 20 heavy (non-hydrogen) atoms. The van der Waals surface area contributed by atoms with Crippen molar-refractivity contribution in [3.05, 3.63) is 34.1 Å². The number of nitrogens with two attached hydrogens (primary N) is 1. The second-order valence-electron chi connectivity index (χ2n) is 5.93. The molecule has 1 aromatic carbocycles. The second kappa shape index (κ2) is 5.45. The highest BCUT2D eigenvalue weighted by atomic mass is 79.9. The van der Waals surface area contributed by atoms with Crippen molar-refractivity contribution in [2.24, 2.45) is 17.6 Å². The van der Waals surface area contributed by atoms with Crippen molar-refractivity contribution >= 4 is 21.8 Å². The maximum Gasteiger partial charge on any atom is 0.253 e. The van der Waals surface area contributed by atoms with Crippen LogP contribution in [0.2, 0.25) is 0 Å². The summed E-state index contributed by atoms with van der Waals surface area (Å²) in [5, 5.41) is 0. The standard InChI is InChI=1S/C15H18BrFN2O/c16-13-4-2-9(6-14(13)17)15(20)19-7-10-1-3-12(18)5-11(10)8-19/h2,4,6,10-12H,1,3,5,7-8,18H2/t10-,11+,12?/m1/s1. The van der Waals surface area contributed by atoms with Crippen molar-refractivity contribution < 1.29 is 9.18 Å². The van der Waals surface area contributed by atoms with Gasteiger partial charge in [-0.3, -0.25) is 4.79 Å². The van der Waals surface area contributed by atoms with Crippen LogP contribution in [0.4, 0.5) is 4.39 Å². The minimum Gasteiger partial charge on any atom is -0.338 e. The maximum absolute atomic E-state index is 13.5. The van der Waals surface area contributed by atoms with E-state index in [-0.39, 0.29) is 11.9 Å². The Bertz CT molecular complexity index is 537. The van der Waals surface area contributed by atoms with E-state index in [9.17, 15) is 9.18 Å². The summed E-state index contributed by atoms with van der Waals surface area (Å²) in [6.07, 6.45) is 3.16. The Balaban J connectivity index is 1.73. The van der Waals surface area contributed by atoms with Crippen molar-refractivity contribution in [3.8, 4) is 0 Å². The second-order valence-corrected chi connectivity index (χ2v) is 6.79. The van der Waals surface area contributed by atoms with E-state index in [0.29, 0.717) is 21.9 Å². The van der Waals surface area contributed by atoms with E-state index in [1.807, 2.05) is 4.90 Å². The molecule has 3 nitrogen and oxygen atoms in total. The van der Waals surface area contributed by atoms with Crippen molar-refractivity contribution in [1.82, 2.24) is 4.90 Å². The van der Waals surface area contributed by atoms with Gasteiger partial charge in [-0.1, -0.05) is 0 Å². The van der Waals surface area contributed by atoms with Gasteiger partial charge in [0.05, 0.1) is 4.47 Å². The molecule has 0 bridgehead atoms. The fraction of sp³-hybridized carbons (Fsp3) is 0.533. The van der Waals surface area contributed by atoms with Crippen LogP contribution in [0.5, 0.6) is 0 Å². The average Bonchev–Trinajstić information content (AvgIpc) is 2.84. The lowest BCUT2D eigenvalue weighted by Crippen LogP contribution is -2.32. The number of rotatable bonds is 1. The van der Waals surface area contributed by atoms with Gasteiger partial charge in [0, 0.05) is 24.7 Å². The number of amides is 1. The first-order valence-corrected chi connectivity index (χ1v) is 7.84. The molecular formula is C15H18BrFN2O. The van der Waals surface area contributed by atoms with Crippen LogP contribution in [0.3, 0.4) is 0 Å². The zero-order valence-electron chi connectivity index (χ0n) is 11.2. The van der Waals surface area contributed by atoms with Gasteiger partial charge >= 0.3 is 0 Å². The summed E-state index contributed by atoms with van der Waals surface area (Å²) >= 11 is 3.10. The largest absolute Gasteiger partial charge is 0.338 e. The number of carbonyl (C=O) groups excluding carboxylic acids is 1. The summed E-state index contributed by atoms with van der Waals surface area (Å²) < 4.78 is 13.9. The minimum atomic E-state index is -0.394. The van der Waals surface area contributed by atoms with Crippen LogP contribution in [0.25, 0.3) is 0 Å². The molecule has 2 aliphatic rings. The number of hydrogen-bond acceptors (Lipinski definition) is 2. The molecule has 1 unspecified atom stereocenters. The number of carbonyl (C=O) groups is 1. The molecule has 108 valence electrons. The smallest absolute Gasteiger partial charge is 0.253 e. The quantitative estimate of drug-likeness (QED) is 0.854. The van der Waals surface area contributed by atoms with E-state index in [2.05, 4.69) is 15.9 Å². The third kappa shape index (κ3) is 2.61. The van der Waals surface area contributed by atoms with Gasteiger partial charge in [-0.2, -0.15) is 0 Å². The third-order valence-corrected chi connectivity index (χ3v) is 5.19. The number of benzene rings is 1. The normalized spacial score (nSPS) is 29.4. The fourth-order valence-corrected chi connectivity index (χ4v) is 3.69. The maximum atomic E-state index is 13.5. The number of fused-ring (bicyclic) bond motifs is 1. The summed E-state index contributed by atoms with van der Waals surface area (Å²) in [6, 6.07) is 4.83. The number of likely N-dealkylation sites (tertiary alicyclic amines) is 1. The Hall–Kier alpha value is -0.940. The SMILES string of the molecule is NC1CC[C@@H]2CN(C(=O)c3ccc(Br)c(F)c3)C[C@@H]2C1. The van der Waals surface area contributed by atoms with Crippen LogP contribution in [0.1, 0.15) is 29.6 Å². The van der Waals surface area contributed by atoms with Crippen LogP contribution in [-0.2, 0) is 0 Å². The van der Waals surface area contributed by atoms with Gasteiger partial charge in [0.1, 0.15) is 5.82 Å². The van der Waals surface area contributed by atoms with Gasteiger partial charge in [0.15, 0.2) is 0 Å². The van der Waals surface area contributed by atoms with Crippen LogP contribution in [0, 0.1) is 17.7 Å². The molecule has 0 aromatic heterocycles. The van der Waals surface area contributed by atoms with E-state index < -0.39 is 5.82 Å². The molecule has 1 heterocycles. The first kappa shape index (κ1) is 14.0. The Morgan fingerprint density at radius 1 is 1.30 bits per heavy atom. The van der Waals surface area contributed by atoms with E-state index in [1.54, 1.807) is 12.1 Å². The molecule has 0 spiro atoms. The Kier molecular flexibility index (Phi) is 3.82. The first-order valence-electron chi connectivity index (χ1n) is 7.04. The lowest BCUT2D eigenvalue weighted by atomic mass is 9.79. The lowest BCUT2D eigenvalue weighted by Gasteiger charge is -2.27. The highest BCUT2D eigenvalue weighted by molar-refractivity contribution is 9.10. The lowest BCUT2D eigenvalue weighted by molar-refractivity contribution is 0.0783. The Morgan fingerprint density at radius 2 is 2.05 bits per heavy atom. The van der Waals surface area contributed by atoms with Crippen LogP contribution in [-0.4, -0.2) is 29.9 Å². The van der Waals surface area contributed by atoms with Crippen molar-refractivity contribution in [2.45, 2.75) is 25.3 Å². The molecule has 1 aliphatic heterocycles. The van der Waals surface area contributed by atoms with Gasteiger partial charge in [-0.15, -0.1) is 0 Å². The predicted octanol–water partition coefficient (Wildman–Crippen LogP) is 2.79. The highest BCUT2D eigenvalue weighted by Crippen LogP contribution is 2.36. The molecule has 3 atom stereocenters. The summed E-state index contributed by atoms with van der Waals surface area (Å²) in [4.78, 5) is 14.3. The molecule has 3 rings (SSSR count). The zero-order valence-corrected chi connectivity index (χ0v) is 12.8. The third-order valence-electron chi connectivity index (χ3n) is 4.54. The van der Waals surface area contributed by atoms with Gasteiger partial charge in [0.2, 0.25) is 0 Å². The van der Waals surface area contributed by atoms with Gasteiger partial charge < -0.3 is 10.6 Å². The minimum absolute atomic E-state index is 0.0700. The van der Waals surface area contributed by atoms with E-state index in [1.165, 1.54) is 6.07 Å². The molecule has 0 radical (unpaired) electrons. The van der Waals surface area contributed by atoms with Gasteiger partial charge in [0.25, 0.3) is 5.91 Å². The van der Waals surface area contributed by atoms with Crippen molar-refractivity contribution in [3.63, 3.8) is 0 Å². The van der Waals surface area contributed by atoms with Gasteiger partial charge in [-0.25, -0.2) is 4.39 Å². The molecule has 1 saturated carbocycles. The van der Waals surface area contributed by atoms with Gasteiger partial charge in [-0.05, 0) is 65.2 Å². The van der Waals surface area contributed by atoms with E-state index in [4.69, 9.17) is 5.73 Å². The molecule has 1 saturated heterocycles. The van der Waals surface area contributed by atoms with Crippen molar-refractivity contribution in [1.29, 1.82) is 0 Å². The fourth-order valence-electron chi connectivity index (χ4n) is 3.45. The van der Waals surface area contributed by atoms with Crippen molar-refractivity contribution in [2.75, 3.05) is 13.1 Å². The summed E-state index contributed by atoms with van der Waals surface area (Å²) in [7, 11) is 0. The molecule has 1 amide bonds.